The molecule has 0 bridgehead atoms. The van der Waals surface area contributed by atoms with Crippen molar-refractivity contribution < 1.29 is 9.26 Å². The smallest absolute Gasteiger partial charge is 0.246 e. The van der Waals surface area contributed by atoms with Gasteiger partial charge < -0.3 is 19.6 Å². The molecule has 0 amide bonds. The minimum absolute atomic E-state index is 0.0232. The zero-order chi connectivity index (χ0) is 10.8. The molecule has 7 nitrogen and oxygen atoms in total. The molecule has 84 valence electrons. The summed E-state index contributed by atoms with van der Waals surface area (Å²) in [4.78, 5) is 11.2. The van der Waals surface area contributed by atoms with Crippen LogP contribution in [-0.4, -0.2) is 39.9 Å². The fraction of sp³-hybridized carbons (Fsp3) is 0.444. The lowest BCUT2D eigenvalue weighted by molar-refractivity contribution is 0.0659. The van der Waals surface area contributed by atoms with E-state index in [1.54, 1.807) is 12.4 Å². The molecule has 0 aromatic carbocycles. The molecule has 2 aromatic heterocycles. The SMILES string of the molecule is c1c[nH]c(-c2noc(C3COCCN3)n2)n1. The van der Waals surface area contributed by atoms with Crippen molar-refractivity contribution in [2.24, 2.45) is 0 Å². The van der Waals surface area contributed by atoms with Crippen LogP contribution >= 0.6 is 0 Å². The van der Waals surface area contributed by atoms with E-state index in [-0.39, 0.29) is 6.04 Å². The molecule has 1 saturated heterocycles. The minimum atomic E-state index is -0.0232. The van der Waals surface area contributed by atoms with E-state index in [0.29, 0.717) is 24.1 Å². The maximum Gasteiger partial charge on any atom is 0.246 e. The number of imidazole rings is 1. The first-order valence-corrected chi connectivity index (χ1v) is 5.08. The van der Waals surface area contributed by atoms with Gasteiger partial charge >= 0.3 is 0 Å². The summed E-state index contributed by atoms with van der Waals surface area (Å²) in [7, 11) is 0. The van der Waals surface area contributed by atoms with Crippen molar-refractivity contribution >= 4 is 0 Å². The van der Waals surface area contributed by atoms with Crippen LogP contribution in [0.3, 0.4) is 0 Å². The van der Waals surface area contributed by atoms with Crippen LogP contribution in [0, 0.1) is 0 Å². The molecular formula is C9H11N5O2. The number of nitrogens with zero attached hydrogens (tertiary/aromatic N) is 3. The third-order valence-electron chi connectivity index (χ3n) is 2.37. The van der Waals surface area contributed by atoms with Gasteiger partial charge in [-0.15, -0.1) is 0 Å². The number of aromatic amines is 1. The van der Waals surface area contributed by atoms with E-state index in [0.717, 1.165) is 13.2 Å². The second-order valence-electron chi connectivity index (χ2n) is 3.48. The zero-order valence-corrected chi connectivity index (χ0v) is 8.51. The number of morpholine rings is 1. The third-order valence-corrected chi connectivity index (χ3v) is 2.37. The van der Waals surface area contributed by atoms with Gasteiger partial charge in [-0.05, 0) is 0 Å². The van der Waals surface area contributed by atoms with Gasteiger partial charge in [0.25, 0.3) is 0 Å². The average Bonchev–Trinajstić information content (AvgIpc) is 3.01. The summed E-state index contributed by atoms with van der Waals surface area (Å²) in [6.45, 7) is 2.07. The van der Waals surface area contributed by atoms with Gasteiger partial charge in [0.15, 0.2) is 5.82 Å². The van der Waals surface area contributed by atoms with E-state index >= 15 is 0 Å². The Morgan fingerprint density at radius 2 is 2.44 bits per heavy atom. The topological polar surface area (TPSA) is 88.9 Å². The highest BCUT2D eigenvalue weighted by Crippen LogP contribution is 2.17. The summed E-state index contributed by atoms with van der Waals surface area (Å²) < 4.78 is 10.5. The molecule has 1 aliphatic heterocycles. The van der Waals surface area contributed by atoms with E-state index in [4.69, 9.17) is 9.26 Å². The molecule has 1 unspecified atom stereocenters. The summed E-state index contributed by atoms with van der Waals surface area (Å²) in [5.74, 6) is 1.60. The Kier molecular flexibility index (Phi) is 2.39. The first kappa shape index (κ1) is 9.49. The van der Waals surface area contributed by atoms with Crippen molar-refractivity contribution in [1.29, 1.82) is 0 Å². The Labute approximate surface area is 91.2 Å². The second kappa shape index (κ2) is 4.03. The van der Waals surface area contributed by atoms with Crippen molar-refractivity contribution in [3.8, 4) is 11.6 Å². The number of H-pyrrole nitrogens is 1. The van der Waals surface area contributed by atoms with Crippen molar-refractivity contribution in [2.75, 3.05) is 19.8 Å². The first-order chi connectivity index (χ1) is 7.93. The standard InChI is InChI=1S/C9H11N5O2/c1-2-12-7(11-1)8-13-9(16-14-8)6-5-15-4-3-10-6/h1-2,6,10H,3-5H2,(H,11,12). The van der Waals surface area contributed by atoms with E-state index in [1.807, 2.05) is 0 Å². The molecule has 0 saturated carbocycles. The fourth-order valence-corrected chi connectivity index (χ4v) is 1.58. The summed E-state index contributed by atoms with van der Waals surface area (Å²) in [5.41, 5.74) is 0. The van der Waals surface area contributed by atoms with Crippen molar-refractivity contribution in [2.45, 2.75) is 6.04 Å². The summed E-state index contributed by atoms with van der Waals surface area (Å²) in [5, 5.41) is 7.10. The Hall–Kier alpha value is -1.73. The molecule has 3 rings (SSSR count). The van der Waals surface area contributed by atoms with Crippen LogP contribution in [0.4, 0.5) is 0 Å². The van der Waals surface area contributed by atoms with E-state index in [1.165, 1.54) is 0 Å². The molecule has 0 spiro atoms. The van der Waals surface area contributed by atoms with E-state index < -0.39 is 0 Å². The van der Waals surface area contributed by atoms with Gasteiger partial charge in [0.2, 0.25) is 11.7 Å². The maximum atomic E-state index is 5.32. The monoisotopic (exact) mass is 221 g/mol. The Morgan fingerprint density at radius 1 is 1.44 bits per heavy atom. The number of hydrogen-bond donors (Lipinski definition) is 2. The Balaban J connectivity index is 1.82. The van der Waals surface area contributed by atoms with Gasteiger partial charge in [0.1, 0.15) is 6.04 Å². The molecular weight excluding hydrogens is 210 g/mol. The lowest BCUT2D eigenvalue weighted by atomic mass is 10.3. The molecule has 1 atom stereocenters. The number of ether oxygens (including phenoxy) is 1. The average molecular weight is 221 g/mol. The molecule has 16 heavy (non-hydrogen) atoms. The van der Waals surface area contributed by atoms with E-state index in [2.05, 4.69) is 25.4 Å². The van der Waals surface area contributed by atoms with Crippen molar-refractivity contribution in [1.82, 2.24) is 25.4 Å². The van der Waals surface area contributed by atoms with Crippen LogP contribution in [0.15, 0.2) is 16.9 Å². The minimum Gasteiger partial charge on any atom is -0.378 e. The third kappa shape index (κ3) is 1.70. The lowest BCUT2D eigenvalue weighted by Crippen LogP contribution is -2.34. The highest BCUT2D eigenvalue weighted by molar-refractivity contribution is 5.40. The summed E-state index contributed by atoms with van der Waals surface area (Å²) in [6, 6.07) is -0.0232. The van der Waals surface area contributed by atoms with Crippen LogP contribution in [0.25, 0.3) is 11.6 Å². The molecule has 3 heterocycles. The largest absolute Gasteiger partial charge is 0.378 e. The van der Waals surface area contributed by atoms with Crippen LogP contribution < -0.4 is 5.32 Å². The number of hydrogen-bond acceptors (Lipinski definition) is 6. The number of rotatable bonds is 2. The van der Waals surface area contributed by atoms with Crippen LogP contribution in [0.5, 0.6) is 0 Å². The predicted octanol–water partition coefficient (Wildman–Crippen LogP) is 0.121. The van der Waals surface area contributed by atoms with Crippen LogP contribution in [0.2, 0.25) is 0 Å². The van der Waals surface area contributed by atoms with Crippen molar-refractivity contribution in [3.05, 3.63) is 18.3 Å². The highest BCUT2D eigenvalue weighted by Gasteiger charge is 2.22. The van der Waals surface area contributed by atoms with Crippen molar-refractivity contribution in [3.63, 3.8) is 0 Å². The van der Waals surface area contributed by atoms with Gasteiger partial charge in [-0.2, -0.15) is 4.98 Å². The zero-order valence-electron chi connectivity index (χ0n) is 8.51. The van der Waals surface area contributed by atoms with E-state index in [9.17, 15) is 0 Å². The van der Waals surface area contributed by atoms with Gasteiger partial charge in [-0.3, -0.25) is 0 Å². The molecule has 0 radical (unpaired) electrons. The summed E-state index contributed by atoms with van der Waals surface area (Å²) in [6.07, 6.45) is 3.36. The quantitative estimate of drug-likeness (QED) is 0.748. The molecule has 2 N–H and O–H groups in total. The number of nitrogens with one attached hydrogen (secondary N) is 2. The van der Waals surface area contributed by atoms with Gasteiger partial charge in [0.05, 0.1) is 13.2 Å². The second-order valence-corrected chi connectivity index (χ2v) is 3.48. The van der Waals surface area contributed by atoms with Gasteiger partial charge in [-0.1, -0.05) is 5.16 Å². The first-order valence-electron chi connectivity index (χ1n) is 5.08. The molecule has 2 aromatic rings. The number of aromatic nitrogens is 4. The normalized spacial score (nSPS) is 21.1. The highest BCUT2D eigenvalue weighted by atomic mass is 16.5. The van der Waals surface area contributed by atoms with Crippen LogP contribution in [0.1, 0.15) is 11.9 Å². The maximum absolute atomic E-state index is 5.32. The van der Waals surface area contributed by atoms with Crippen LogP contribution in [-0.2, 0) is 4.74 Å². The van der Waals surface area contributed by atoms with Gasteiger partial charge in [-0.25, -0.2) is 4.98 Å². The fourth-order valence-electron chi connectivity index (χ4n) is 1.58. The Morgan fingerprint density at radius 3 is 3.19 bits per heavy atom. The van der Waals surface area contributed by atoms with Gasteiger partial charge in [0, 0.05) is 18.9 Å². The Bertz CT molecular complexity index is 446. The molecule has 0 aliphatic carbocycles. The predicted molar refractivity (Wildman–Crippen MR) is 53.4 cm³/mol. The summed E-state index contributed by atoms with van der Waals surface area (Å²) >= 11 is 0. The molecule has 1 aliphatic rings. The molecule has 7 heteroatoms. The lowest BCUT2D eigenvalue weighted by Gasteiger charge is -2.20. The molecule has 1 fully saturated rings.